The van der Waals surface area contributed by atoms with Crippen LogP contribution in [0.1, 0.15) is 22.8 Å². The molecule has 0 spiro atoms. The standard InChI is InChI=1S/C20H24N2O7/c1-4-28-19-11-16(17(22(24)25)12-18(19)27-3)20(23)21-13-14-5-7-15(8-6-14)29-10-9-26-2/h5-8,11-12H,4,9-10,13H2,1-3H3,(H,21,23). The summed E-state index contributed by atoms with van der Waals surface area (Å²) in [5.41, 5.74) is 0.363. The summed E-state index contributed by atoms with van der Waals surface area (Å²) in [7, 11) is 2.98. The lowest BCUT2D eigenvalue weighted by Crippen LogP contribution is -2.24. The fourth-order valence-corrected chi connectivity index (χ4v) is 2.53. The Hall–Kier alpha value is -3.33. The number of nitrogens with one attached hydrogen (secondary N) is 1. The van der Waals surface area contributed by atoms with E-state index in [0.717, 1.165) is 5.56 Å². The van der Waals surface area contributed by atoms with Crippen LogP contribution in [0.2, 0.25) is 0 Å². The van der Waals surface area contributed by atoms with Crippen molar-refractivity contribution in [3.63, 3.8) is 0 Å². The summed E-state index contributed by atoms with van der Waals surface area (Å²) in [6, 6.07) is 9.67. The fraction of sp³-hybridized carbons (Fsp3) is 0.350. The van der Waals surface area contributed by atoms with Crippen LogP contribution in [-0.2, 0) is 11.3 Å². The molecular formula is C20H24N2O7. The minimum Gasteiger partial charge on any atom is -0.493 e. The smallest absolute Gasteiger partial charge is 0.286 e. The van der Waals surface area contributed by atoms with Crippen LogP contribution >= 0.6 is 0 Å². The lowest BCUT2D eigenvalue weighted by Gasteiger charge is -2.12. The molecule has 2 aromatic carbocycles. The summed E-state index contributed by atoms with van der Waals surface area (Å²) < 4.78 is 20.9. The van der Waals surface area contributed by atoms with Gasteiger partial charge in [-0.1, -0.05) is 12.1 Å². The first kappa shape index (κ1) is 22.0. The fourth-order valence-electron chi connectivity index (χ4n) is 2.53. The molecule has 2 rings (SSSR count). The third-order valence-corrected chi connectivity index (χ3v) is 3.96. The van der Waals surface area contributed by atoms with Gasteiger partial charge in [0, 0.05) is 19.7 Å². The van der Waals surface area contributed by atoms with Crippen molar-refractivity contribution in [2.75, 3.05) is 34.0 Å². The monoisotopic (exact) mass is 404 g/mol. The van der Waals surface area contributed by atoms with E-state index in [9.17, 15) is 14.9 Å². The Kier molecular flexibility index (Phi) is 8.23. The van der Waals surface area contributed by atoms with Gasteiger partial charge in [-0.2, -0.15) is 0 Å². The van der Waals surface area contributed by atoms with Gasteiger partial charge in [-0.15, -0.1) is 0 Å². The molecule has 1 N–H and O–H groups in total. The van der Waals surface area contributed by atoms with Gasteiger partial charge < -0.3 is 24.3 Å². The molecule has 2 aromatic rings. The zero-order valence-electron chi connectivity index (χ0n) is 16.6. The second-order valence-electron chi connectivity index (χ2n) is 5.88. The van der Waals surface area contributed by atoms with Crippen LogP contribution in [0.5, 0.6) is 17.2 Å². The van der Waals surface area contributed by atoms with Crippen molar-refractivity contribution >= 4 is 11.6 Å². The Morgan fingerprint density at radius 2 is 1.79 bits per heavy atom. The third-order valence-electron chi connectivity index (χ3n) is 3.96. The molecule has 9 nitrogen and oxygen atoms in total. The Morgan fingerprint density at radius 3 is 2.38 bits per heavy atom. The SMILES string of the molecule is CCOc1cc(C(=O)NCc2ccc(OCCOC)cc2)c([N+](=O)[O-])cc1OC. The van der Waals surface area contributed by atoms with E-state index in [2.05, 4.69) is 5.32 Å². The van der Waals surface area contributed by atoms with Crippen molar-refractivity contribution in [3.05, 3.63) is 57.6 Å². The Morgan fingerprint density at radius 1 is 1.07 bits per heavy atom. The number of nitro groups is 1. The van der Waals surface area contributed by atoms with Gasteiger partial charge in [-0.3, -0.25) is 14.9 Å². The zero-order valence-corrected chi connectivity index (χ0v) is 16.6. The Bertz CT molecular complexity index is 837. The van der Waals surface area contributed by atoms with E-state index >= 15 is 0 Å². The molecule has 0 bridgehead atoms. The zero-order chi connectivity index (χ0) is 21.2. The van der Waals surface area contributed by atoms with Crippen LogP contribution in [0.4, 0.5) is 5.69 Å². The number of amides is 1. The molecule has 0 saturated carbocycles. The Balaban J connectivity index is 2.11. The molecule has 0 aliphatic rings. The highest BCUT2D eigenvalue weighted by molar-refractivity contribution is 5.99. The summed E-state index contributed by atoms with van der Waals surface area (Å²) in [6.45, 7) is 3.22. The number of hydrogen-bond donors (Lipinski definition) is 1. The minimum absolute atomic E-state index is 0.0984. The molecule has 29 heavy (non-hydrogen) atoms. The van der Waals surface area contributed by atoms with Crippen LogP contribution in [0.3, 0.4) is 0 Å². The molecule has 0 fully saturated rings. The molecule has 0 aliphatic carbocycles. The average molecular weight is 404 g/mol. The first-order valence-corrected chi connectivity index (χ1v) is 8.98. The number of ether oxygens (including phenoxy) is 4. The maximum Gasteiger partial charge on any atom is 0.286 e. The molecule has 0 radical (unpaired) electrons. The highest BCUT2D eigenvalue weighted by atomic mass is 16.6. The summed E-state index contributed by atoms with van der Waals surface area (Å²) in [6.07, 6.45) is 0. The molecule has 0 saturated heterocycles. The van der Waals surface area contributed by atoms with Crippen molar-refractivity contribution in [1.29, 1.82) is 0 Å². The van der Waals surface area contributed by atoms with Gasteiger partial charge >= 0.3 is 0 Å². The lowest BCUT2D eigenvalue weighted by atomic mass is 10.1. The summed E-state index contributed by atoms with van der Waals surface area (Å²) in [4.78, 5) is 23.4. The molecule has 0 heterocycles. The minimum atomic E-state index is -0.626. The van der Waals surface area contributed by atoms with Crippen molar-refractivity contribution in [2.45, 2.75) is 13.5 Å². The highest BCUT2D eigenvalue weighted by Crippen LogP contribution is 2.34. The van der Waals surface area contributed by atoms with E-state index in [4.69, 9.17) is 18.9 Å². The predicted octanol–water partition coefficient (Wildman–Crippen LogP) is 2.96. The molecule has 0 aromatic heterocycles. The van der Waals surface area contributed by atoms with Crippen LogP contribution in [0, 0.1) is 10.1 Å². The maximum atomic E-state index is 12.6. The molecule has 9 heteroatoms. The number of rotatable bonds is 11. The van der Waals surface area contributed by atoms with Gasteiger partial charge in [0.15, 0.2) is 11.5 Å². The molecule has 0 aliphatic heterocycles. The number of carbonyl (C=O) groups is 1. The predicted molar refractivity (Wildman–Crippen MR) is 106 cm³/mol. The summed E-state index contributed by atoms with van der Waals surface area (Å²) in [5, 5.41) is 14.1. The van der Waals surface area contributed by atoms with Crippen molar-refractivity contribution in [2.24, 2.45) is 0 Å². The second-order valence-corrected chi connectivity index (χ2v) is 5.88. The number of hydrogen-bond acceptors (Lipinski definition) is 7. The first-order chi connectivity index (χ1) is 14.0. The van der Waals surface area contributed by atoms with E-state index in [1.165, 1.54) is 19.2 Å². The summed E-state index contributed by atoms with van der Waals surface area (Å²) in [5.74, 6) is 0.562. The molecule has 1 amide bonds. The molecule has 0 atom stereocenters. The van der Waals surface area contributed by atoms with E-state index in [0.29, 0.717) is 25.6 Å². The average Bonchev–Trinajstić information content (AvgIpc) is 2.73. The van der Waals surface area contributed by atoms with E-state index in [1.807, 2.05) is 0 Å². The quantitative estimate of drug-likeness (QED) is 0.348. The third kappa shape index (κ3) is 6.08. The van der Waals surface area contributed by atoms with Gasteiger partial charge in [0.1, 0.15) is 17.9 Å². The number of benzene rings is 2. The van der Waals surface area contributed by atoms with Gasteiger partial charge in [0.2, 0.25) is 0 Å². The van der Waals surface area contributed by atoms with E-state index < -0.39 is 10.8 Å². The van der Waals surface area contributed by atoms with Gasteiger partial charge in [-0.25, -0.2) is 0 Å². The molecule has 156 valence electrons. The summed E-state index contributed by atoms with van der Waals surface area (Å²) >= 11 is 0. The number of nitrogens with zero attached hydrogens (tertiary/aromatic N) is 1. The van der Waals surface area contributed by atoms with Gasteiger partial charge in [0.05, 0.1) is 31.3 Å². The van der Waals surface area contributed by atoms with Crippen molar-refractivity contribution in [1.82, 2.24) is 5.32 Å². The second kappa shape index (κ2) is 10.9. The Labute approximate surface area is 168 Å². The van der Waals surface area contributed by atoms with Crippen LogP contribution in [-0.4, -0.2) is 44.9 Å². The number of methoxy groups -OCH3 is 2. The van der Waals surface area contributed by atoms with Gasteiger partial charge in [0.25, 0.3) is 11.6 Å². The van der Waals surface area contributed by atoms with Gasteiger partial charge in [-0.05, 0) is 24.6 Å². The van der Waals surface area contributed by atoms with E-state index in [-0.39, 0.29) is 29.3 Å². The maximum absolute atomic E-state index is 12.6. The van der Waals surface area contributed by atoms with Crippen molar-refractivity contribution < 1.29 is 28.7 Å². The van der Waals surface area contributed by atoms with E-state index in [1.54, 1.807) is 38.3 Å². The molecule has 0 unspecified atom stereocenters. The topological polar surface area (TPSA) is 109 Å². The van der Waals surface area contributed by atoms with Crippen molar-refractivity contribution in [3.8, 4) is 17.2 Å². The highest BCUT2D eigenvalue weighted by Gasteiger charge is 2.24. The normalized spacial score (nSPS) is 10.3. The molecular weight excluding hydrogens is 380 g/mol. The van der Waals surface area contributed by atoms with Crippen LogP contribution in [0.25, 0.3) is 0 Å². The first-order valence-electron chi connectivity index (χ1n) is 8.98. The van der Waals surface area contributed by atoms with Crippen LogP contribution < -0.4 is 19.5 Å². The van der Waals surface area contributed by atoms with Crippen LogP contribution in [0.15, 0.2) is 36.4 Å². The largest absolute Gasteiger partial charge is 0.493 e. The number of nitro benzene ring substituents is 1. The lowest BCUT2D eigenvalue weighted by molar-refractivity contribution is -0.385. The number of carbonyl (C=O) groups excluding carboxylic acids is 1.